The molecule has 4 aromatic rings. The molecule has 1 aliphatic rings. The molecule has 5 rings (SSSR count). The van der Waals surface area contributed by atoms with Crippen LogP contribution < -0.4 is 4.90 Å². The van der Waals surface area contributed by atoms with Crippen LogP contribution in [0.25, 0.3) is 0 Å². The van der Waals surface area contributed by atoms with Crippen LogP contribution in [0.2, 0.25) is 0 Å². The van der Waals surface area contributed by atoms with E-state index >= 15 is 0 Å². The number of rotatable bonds is 8. The van der Waals surface area contributed by atoms with E-state index in [1.165, 1.54) is 16.9 Å². The molecule has 1 aliphatic heterocycles. The van der Waals surface area contributed by atoms with E-state index in [2.05, 4.69) is 45.2 Å². The molecule has 1 N–H and O–H groups in total. The van der Waals surface area contributed by atoms with Gasteiger partial charge in [0, 0.05) is 18.4 Å². The quantitative estimate of drug-likeness (QED) is 0.346. The molecule has 3 heterocycles. The van der Waals surface area contributed by atoms with E-state index in [0.29, 0.717) is 22.7 Å². The second-order valence-electron chi connectivity index (χ2n) is 9.37. The van der Waals surface area contributed by atoms with Crippen LogP contribution in [0.3, 0.4) is 0 Å². The Kier molecular flexibility index (Phi) is 7.21. The Labute approximate surface area is 216 Å². The molecule has 0 saturated heterocycles. The molecule has 0 bridgehead atoms. The van der Waals surface area contributed by atoms with Gasteiger partial charge in [0.25, 0.3) is 0 Å². The summed E-state index contributed by atoms with van der Waals surface area (Å²) in [5.74, 6) is 0.517. The first-order chi connectivity index (χ1) is 17.5. The highest BCUT2D eigenvalue weighted by atomic mass is 32.2. The van der Waals surface area contributed by atoms with Crippen molar-refractivity contribution in [3.05, 3.63) is 101 Å². The maximum absolute atomic E-state index is 13.1. The number of fused-ring (bicyclic) bond motifs is 1. The van der Waals surface area contributed by atoms with Gasteiger partial charge in [-0.1, -0.05) is 36.4 Å². The third-order valence-electron chi connectivity index (χ3n) is 6.97. The SMILES string of the molecule is N#Cc1ccc2c(c1)CC(CCS(=O)(=O)c1cccs1)C(Cc1ccccc1)CN2Cc1cnc[nH]1. The number of aromatic amines is 1. The van der Waals surface area contributed by atoms with Gasteiger partial charge in [0.2, 0.25) is 0 Å². The van der Waals surface area contributed by atoms with Crippen molar-refractivity contribution in [2.75, 3.05) is 17.2 Å². The average molecular weight is 517 g/mol. The van der Waals surface area contributed by atoms with Gasteiger partial charge in [0.1, 0.15) is 4.21 Å². The predicted octanol–water partition coefficient (Wildman–Crippen LogP) is 5.24. The maximum Gasteiger partial charge on any atom is 0.187 e. The number of anilines is 1. The van der Waals surface area contributed by atoms with Gasteiger partial charge in [-0.15, -0.1) is 11.3 Å². The molecule has 0 amide bonds. The number of sulfone groups is 1. The van der Waals surface area contributed by atoms with E-state index in [9.17, 15) is 13.7 Å². The summed E-state index contributed by atoms with van der Waals surface area (Å²) in [7, 11) is -3.33. The fourth-order valence-corrected chi connectivity index (χ4v) is 7.72. The fourth-order valence-electron chi connectivity index (χ4n) is 5.17. The standard InChI is InChI=1S/C28H28N4O2S2/c29-16-22-8-9-27-24(14-22)15-23(10-12-36(33,34)28-7-4-11-35-28)25(13-21-5-2-1-3-6-21)18-32(27)19-26-17-30-20-31-26/h1-9,11,14,17,20,23,25H,10,12-13,15,18-19H2,(H,30,31). The number of thiophene rings is 1. The zero-order chi connectivity index (χ0) is 25.0. The number of imidazole rings is 1. The van der Waals surface area contributed by atoms with Gasteiger partial charge in [-0.25, -0.2) is 13.4 Å². The summed E-state index contributed by atoms with van der Waals surface area (Å²) >= 11 is 1.28. The third kappa shape index (κ3) is 5.53. The molecule has 0 saturated carbocycles. The van der Waals surface area contributed by atoms with Crippen molar-refractivity contribution >= 4 is 26.9 Å². The van der Waals surface area contributed by atoms with Crippen LogP contribution in [-0.4, -0.2) is 30.7 Å². The molecule has 0 radical (unpaired) electrons. The molecular formula is C28H28N4O2S2. The number of aromatic nitrogens is 2. The summed E-state index contributed by atoms with van der Waals surface area (Å²) in [6.45, 7) is 1.46. The Morgan fingerprint density at radius 1 is 1.11 bits per heavy atom. The van der Waals surface area contributed by atoms with Crippen molar-refractivity contribution in [1.82, 2.24) is 9.97 Å². The molecule has 2 unspecified atom stereocenters. The molecule has 36 heavy (non-hydrogen) atoms. The Balaban J connectivity index is 1.49. The van der Waals surface area contributed by atoms with Crippen LogP contribution >= 0.6 is 11.3 Å². The monoisotopic (exact) mass is 516 g/mol. The fraction of sp³-hybridized carbons (Fsp3) is 0.286. The molecule has 0 aliphatic carbocycles. The lowest BCUT2D eigenvalue weighted by atomic mass is 9.82. The molecular weight excluding hydrogens is 488 g/mol. The lowest BCUT2D eigenvalue weighted by molar-refractivity contribution is 0.326. The zero-order valence-corrected chi connectivity index (χ0v) is 21.5. The van der Waals surface area contributed by atoms with Gasteiger partial charge in [0.15, 0.2) is 9.84 Å². The Bertz CT molecular complexity index is 1430. The summed E-state index contributed by atoms with van der Waals surface area (Å²) < 4.78 is 26.5. The Hall–Kier alpha value is -3.41. The van der Waals surface area contributed by atoms with Crippen LogP contribution in [-0.2, 0) is 29.2 Å². The van der Waals surface area contributed by atoms with Gasteiger partial charge in [0.05, 0.1) is 36.0 Å². The number of nitrogens with one attached hydrogen (secondary N) is 1. The van der Waals surface area contributed by atoms with Crippen LogP contribution in [0.15, 0.2) is 82.8 Å². The maximum atomic E-state index is 13.1. The normalized spacial score (nSPS) is 17.8. The van der Waals surface area contributed by atoms with E-state index in [1.54, 1.807) is 18.5 Å². The first kappa shape index (κ1) is 24.3. The van der Waals surface area contributed by atoms with Gasteiger partial charge in [-0.3, -0.25) is 0 Å². The predicted molar refractivity (Wildman–Crippen MR) is 143 cm³/mol. The molecule has 184 valence electrons. The summed E-state index contributed by atoms with van der Waals surface area (Å²) in [5, 5.41) is 11.4. The minimum Gasteiger partial charge on any atom is -0.365 e. The zero-order valence-electron chi connectivity index (χ0n) is 19.9. The minimum absolute atomic E-state index is 0.122. The highest BCUT2D eigenvalue weighted by molar-refractivity contribution is 7.93. The molecule has 8 heteroatoms. The first-order valence-corrected chi connectivity index (χ1v) is 14.6. The van der Waals surface area contributed by atoms with E-state index in [1.807, 2.05) is 35.8 Å². The number of hydrogen-bond acceptors (Lipinski definition) is 6. The van der Waals surface area contributed by atoms with Crippen LogP contribution in [0.5, 0.6) is 0 Å². The second kappa shape index (κ2) is 10.7. The number of hydrogen-bond donors (Lipinski definition) is 1. The largest absolute Gasteiger partial charge is 0.365 e. The van der Waals surface area contributed by atoms with Crippen LogP contribution in [0.4, 0.5) is 5.69 Å². The second-order valence-corrected chi connectivity index (χ2v) is 12.6. The topological polar surface area (TPSA) is 89.8 Å². The smallest absolute Gasteiger partial charge is 0.187 e. The molecule has 2 atom stereocenters. The summed E-state index contributed by atoms with van der Waals surface area (Å²) in [4.78, 5) is 9.75. The molecule has 6 nitrogen and oxygen atoms in total. The molecule has 0 spiro atoms. The summed E-state index contributed by atoms with van der Waals surface area (Å²) in [6.07, 6.45) is 5.70. The average Bonchev–Trinajstić information content (AvgIpc) is 3.59. The van der Waals surface area contributed by atoms with E-state index in [4.69, 9.17) is 0 Å². The van der Waals surface area contributed by atoms with Gasteiger partial charge in [-0.05, 0) is 71.9 Å². The van der Waals surface area contributed by atoms with Gasteiger partial charge in [-0.2, -0.15) is 5.26 Å². The number of benzene rings is 2. The molecule has 2 aromatic heterocycles. The Morgan fingerprint density at radius 2 is 1.97 bits per heavy atom. The number of nitriles is 1. The van der Waals surface area contributed by atoms with E-state index < -0.39 is 9.84 Å². The van der Waals surface area contributed by atoms with Crippen molar-refractivity contribution in [3.8, 4) is 6.07 Å². The number of nitrogens with zero attached hydrogens (tertiary/aromatic N) is 3. The molecule has 0 fully saturated rings. The van der Waals surface area contributed by atoms with E-state index in [0.717, 1.165) is 36.3 Å². The van der Waals surface area contributed by atoms with Gasteiger partial charge >= 0.3 is 0 Å². The minimum atomic E-state index is -3.33. The van der Waals surface area contributed by atoms with E-state index in [-0.39, 0.29) is 17.6 Å². The highest BCUT2D eigenvalue weighted by Crippen LogP contribution is 2.37. The first-order valence-electron chi connectivity index (χ1n) is 12.1. The van der Waals surface area contributed by atoms with Gasteiger partial charge < -0.3 is 9.88 Å². The lowest BCUT2D eigenvalue weighted by Crippen LogP contribution is -2.33. The van der Waals surface area contributed by atoms with Crippen molar-refractivity contribution in [1.29, 1.82) is 5.26 Å². The van der Waals surface area contributed by atoms with Crippen molar-refractivity contribution in [3.63, 3.8) is 0 Å². The Morgan fingerprint density at radius 3 is 2.69 bits per heavy atom. The third-order valence-corrected chi connectivity index (χ3v) is 10.2. The van der Waals surface area contributed by atoms with Crippen molar-refractivity contribution < 1.29 is 8.42 Å². The van der Waals surface area contributed by atoms with Crippen molar-refractivity contribution in [2.45, 2.75) is 30.0 Å². The molecule has 2 aromatic carbocycles. The van der Waals surface area contributed by atoms with Crippen molar-refractivity contribution in [2.24, 2.45) is 11.8 Å². The van der Waals surface area contributed by atoms with Crippen LogP contribution in [0, 0.1) is 23.2 Å². The van der Waals surface area contributed by atoms with Crippen LogP contribution in [0.1, 0.15) is 28.8 Å². The number of H-pyrrole nitrogens is 1. The summed E-state index contributed by atoms with van der Waals surface area (Å²) in [6, 6.07) is 22.0. The summed E-state index contributed by atoms with van der Waals surface area (Å²) in [5.41, 5.74) is 5.09. The highest BCUT2D eigenvalue weighted by Gasteiger charge is 2.32. The lowest BCUT2D eigenvalue weighted by Gasteiger charge is -2.30.